The highest BCUT2D eigenvalue weighted by molar-refractivity contribution is 7.12. The van der Waals surface area contributed by atoms with E-state index in [-0.39, 0.29) is 5.91 Å². The summed E-state index contributed by atoms with van der Waals surface area (Å²) in [7, 11) is 0. The number of amides is 1. The molecule has 0 bridgehead atoms. The summed E-state index contributed by atoms with van der Waals surface area (Å²) in [5.74, 6) is 0.679. The molecular formula is C20H14N2O4S. The first kappa shape index (κ1) is 17.0. The highest BCUT2D eigenvalue weighted by Crippen LogP contribution is 2.26. The van der Waals surface area contributed by atoms with Gasteiger partial charge in [0.25, 0.3) is 5.91 Å². The van der Waals surface area contributed by atoms with E-state index >= 15 is 0 Å². The number of carbonyl (C=O) groups excluding carboxylic acids is 1. The van der Waals surface area contributed by atoms with E-state index in [0.717, 1.165) is 10.9 Å². The summed E-state index contributed by atoms with van der Waals surface area (Å²) in [5, 5.41) is 5.47. The second-order valence-corrected chi connectivity index (χ2v) is 6.77. The van der Waals surface area contributed by atoms with Gasteiger partial charge in [0.1, 0.15) is 11.3 Å². The Bertz CT molecular complexity index is 1170. The fourth-order valence-electron chi connectivity index (χ4n) is 2.60. The van der Waals surface area contributed by atoms with Crippen molar-refractivity contribution >= 4 is 33.9 Å². The van der Waals surface area contributed by atoms with Crippen molar-refractivity contribution in [2.45, 2.75) is 6.92 Å². The van der Waals surface area contributed by atoms with Crippen LogP contribution in [0.25, 0.3) is 11.0 Å². The maximum Gasteiger partial charge on any atom is 0.336 e. The molecule has 0 saturated heterocycles. The molecule has 4 rings (SSSR count). The molecular weight excluding hydrogens is 364 g/mol. The van der Waals surface area contributed by atoms with Crippen molar-refractivity contribution < 1.29 is 13.9 Å². The quantitative estimate of drug-likeness (QED) is 0.525. The number of benzene rings is 1. The lowest BCUT2D eigenvalue weighted by Crippen LogP contribution is -2.10. The van der Waals surface area contributed by atoms with Crippen LogP contribution >= 0.6 is 11.3 Å². The van der Waals surface area contributed by atoms with Crippen LogP contribution in [0.4, 0.5) is 5.69 Å². The third-order valence-electron chi connectivity index (χ3n) is 3.88. The summed E-state index contributed by atoms with van der Waals surface area (Å²) >= 11 is 1.37. The first-order valence-corrected chi connectivity index (χ1v) is 9.00. The van der Waals surface area contributed by atoms with Gasteiger partial charge in [0, 0.05) is 23.6 Å². The molecule has 1 N–H and O–H groups in total. The summed E-state index contributed by atoms with van der Waals surface area (Å²) in [5.41, 5.74) is 1.47. The fraction of sp³-hybridized carbons (Fsp3) is 0.0500. The highest BCUT2D eigenvalue weighted by atomic mass is 32.1. The molecule has 7 heteroatoms. The Morgan fingerprint density at radius 3 is 2.81 bits per heavy atom. The van der Waals surface area contributed by atoms with Gasteiger partial charge in [0.15, 0.2) is 0 Å². The van der Waals surface area contributed by atoms with Crippen LogP contribution in [0.2, 0.25) is 0 Å². The number of nitrogens with zero attached hydrogens (tertiary/aromatic N) is 1. The predicted octanol–water partition coefficient (Wildman–Crippen LogP) is 4.60. The molecule has 134 valence electrons. The number of pyridine rings is 1. The van der Waals surface area contributed by atoms with E-state index in [9.17, 15) is 9.59 Å². The van der Waals surface area contributed by atoms with Gasteiger partial charge in [-0.15, -0.1) is 11.3 Å². The molecule has 0 aliphatic rings. The Morgan fingerprint density at radius 2 is 2.07 bits per heavy atom. The number of thiophene rings is 1. The van der Waals surface area contributed by atoms with Gasteiger partial charge in [-0.2, -0.15) is 0 Å². The molecule has 3 aromatic heterocycles. The fourth-order valence-corrected chi connectivity index (χ4v) is 3.22. The first-order chi connectivity index (χ1) is 13.1. The van der Waals surface area contributed by atoms with Gasteiger partial charge in [0.05, 0.1) is 16.8 Å². The van der Waals surface area contributed by atoms with Crippen molar-refractivity contribution in [3.05, 3.63) is 81.0 Å². The number of rotatable bonds is 4. The number of hydrogen-bond donors (Lipinski definition) is 1. The summed E-state index contributed by atoms with van der Waals surface area (Å²) in [6.45, 7) is 1.85. The molecule has 27 heavy (non-hydrogen) atoms. The Morgan fingerprint density at radius 1 is 1.19 bits per heavy atom. The lowest BCUT2D eigenvalue weighted by Gasteiger charge is -2.08. The smallest absolute Gasteiger partial charge is 0.336 e. The zero-order valence-corrected chi connectivity index (χ0v) is 15.1. The van der Waals surface area contributed by atoms with Crippen LogP contribution in [-0.2, 0) is 0 Å². The number of carbonyl (C=O) groups is 1. The maximum atomic E-state index is 12.0. The van der Waals surface area contributed by atoms with Crippen molar-refractivity contribution in [2.75, 3.05) is 5.32 Å². The topological polar surface area (TPSA) is 81.4 Å². The largest absolute Gasteiger partial charge is 0.439 e. The molecule has 0 fully saturated rings. The lowest BCUT2D eigenvalue weighted by molar-refractivity contribution is 0.103. The van der Waals surface area contributed by atoms with E-state index in [1.807, 2.05) is 24.4 Å². The van der Waals surface area contributed by atoms with Crippen LogP contribution < -0.4 is 15.7 Å². The van der Waals surface area contributed by atoms with Crippen LogP contribution in [-0.4, -0.2) is 10.9 Å². The molecule has 0 spiro atoms. The number of ether oxygens (including phenoxy) is 1. The van der Waals surface area contributed by atoms with E-state index in [2.05, 4.69) is 10.3 Å². The van der Waals surface area contributed by atoms with Crippen LogP contribution in [0.1, 0.15) is 15.2 Å². The van der Waals surface area contributed by atoms with Crippen LogP contribution in [0, 0.1) is 6.92 Å². The van der Waals surface area contributed by atoms with Crippen molar-refractivity contribution in [3.8, 4) is 11.6 Å². The van der Waals surface area contributed by atoms with Gasteiger partial charge in [0.2, 0.25) is 5.88 Å². The molecule has 3 heterocycles. The van der Waals surface area contributed by atoms with E-state index < -0.39 is 5.63 Å². The van der Waals surface area contributed by atoms with E-state index in [0.29, 0.717) is 27.8 Å². The molecule has 0 unspecified atom stereocenters. The minimum Gasteiger partial charge on any atom is -0.439 e. The second-order valence-electron chi connectivity index (χ2n) is 5.83. The monoisotopic (exact) mass is 378 g/mol. The lowest BCUT2D eigenvalue weighted by atomic mass is 10.1. The van der Waals surface area contributed by atoms with Crippen LogP contribution in [0.15, 0.2) is 69.3 Å². The van der Waals surface area contributed by atoms with Gasteiger partial charge in [-0.05, 0) is 42.1 Å². The SMILES string of the molecule is Cc1cc(=O)oc2cc(Oc3ccc(NC(=O)c4cccs4)cn3)ccc12. The summed E-state index contributed by atoms with van der Waals surface area (Å²) in [4.78, 5) is 28.4. The number of aromatic nitrogens is 1. The normalized spacial score (nSPS) is 10.7. The Hall–Kier alpha value is -3.45. The predicted molar refractivity (Wildman–Crippen MR) is 104 cm³/mol. The standard InChI is InChI=1S/C20H14N2O4S/c1-12-9-19(23)26-16-10-14(5-6-15(12)16)25-18-7-4-13(11-21-18)22-20(24)17-3-2-8-27-17/h2-11H,1H3,(H,22,24). The van der Waals surface area contributed by atoms with Crippen LogP contribution in [0.5, 0.6) is 11.6 Å². The third-order valence-corrected chi connectivity index (χ3v) is 4.75. The molecule has 0 aliphatic carbocycles. The average Bonchev–Trinajstić information content (AvgIpc) is 3.18. The van der Waals surface area contributed by atoms with Gasteiger partial charge in [-0.3, -0.25) is 4.79 Å². The van der Waals surface area contributed by atoms with Crippen molar-refractivity contribution in [1.29, 1.82) is 0 Å². The molecule has 1 aromatic carbocycles. The van der Waals surface area contributed by atoms with Gasteiger partial charge < -0.3 is 14.5 Å². The zero-order chi connectivity index (χ0) is 18.8. The minimum atomic E-state index is -0.402. The summed E-state index contributed by atoms with van der Waals surface area (Å²) < 4.78 is 10.9. The van der Waals surface area contributed by atoms with E-state index in [1.165, 1.54) is 23.6 Å². The third kappa shape index (κ3) is 3.73. The van der Waals surface area contributed by atoms with Crippen LogP contribution in [0.3, 0.4) is 0 Å². The molecule has 1 amide bonds. The van der Waals surface area contributed by atoms with Gasteiger partial charge in [-0.25, -0.2) is 9.78 Å². The molecule has 6 nitrogen and oxygen atoms in total. The molecule has 4 aromatic rings. The van der Waals surface area contributed by atoms with Gasteiger partial charge in [-0.1, -0.05) is 6.07 Å². The zero-order valence-electron chi connectivity index (χ0n) is 14.3. The first-order valence-electron chi connectivity index (χ1n) is 8.12. The maximum absolute atomic E-state index is 12.0. The summed E-state index contributed by atoms with van der Waals surface area (Å²) in [6, 6.07) is 13.7. The molecule has 0 radical (unpaired) electrons. The molecule has 0 atom stereocenters. The minimum absolute atomic E-state index is 0.180. The molecule has 0 saturated carbocycles. The van der Waals surface area contributed by atoms with E-state index in [1.54, 1.807) is 30.3 Å². The van der Waals surface area contributed by atoms with Crippen molar-refractivity contribution in [3.63, 3.8) is 0 Å². The van der Waals surface area contributed by atoms with E-state index in [4.69, 9.17) is 9.15 Å². The average molecular weight is 378 g/mol. The number of hydrogen-bond acceptors (Lipinski definition) is 6. The Balaban J connectivity index is 1.50. The summed E-state index contributed by atoms with van der Waals surface area (Å²) in [6.07, 6.45) is 1.52. The number of anilines is 1. The Labute approximate surface area is 158 Å². The number of nitrogens with one attached hydrogen (secondary N) is 1. The molecule has 0 aliphatic heterocycles. The van der Waals surface area contributed by atoms with Crippen molar-refractivity contribution in [1.82, 2.24) is 4.98 Å². The van der Waals surface area contributed by atoms with Gasteiger partial charge >= 0.3 is 5.63 Å². The number of aryl methyl sites for hydroxylation is 1. The second kappa shape index (κ2) is 7.05. The Kier molecular flexibility index (Phi) is 4.43. The highest BCUT2D eigenvalue weighted by Gasteiger charge is 2.08. The van der Waals surface area contributed by atoms with Crippen molar-refractivity contribution in [2.24, 2.45) is 0 Å². The number of fused-ring (bicyclic) bond motifs is 1.